The number of hydrogen-bond acceptors (Lipinski definition) is 5. The number of benzene rings is 2. The third-order valence-electron chi connectivity index (χ3n) is 3.84. The van der Waals surface area contributed by atoms with Crippen LogP contribution < -0.4 is 11.1 Å². The van der Waals surface area contributed by atoms with Crippen molar-refractivity contribution in [2.24, 2.45) is 5.73 Å². The van der Waals surface area contributed by atoms with Crippen molar-refractivity contribution in [3.63, 3.8) is 0 Å². The molecule has 1 heterocycles. The first-order chi connectivity index (χ1) is 13.1. The fraction of sp³-hybridized carbons (Fsp3) is 0.150. The highest BCUT2D eigenvalue weighted by Gasteiger charge is 2.19. The van der Waals surface area contributed by atoms with Crippen molar-refractivity contribution in [1.82, 2.24) is 10.3 Å². The number of nitrogens with one attached hydrogen (secondary N) is 1. The predicted molar refractivity (Wildman–Crippen MR) is 98.3 cm³/mol. The van der Waals surface area contributed by atoms with Crippen molar-refractivity contribution >= 4 is 12.0 Å². The van der Waals surface area contributed by atoms with E-state index in [1.165, 1.54) is 6.26 Å². The zero-order chi connectivity index (χ0) is 19.1. The van der Waals surface area contributed by atoms with E-state index >= 15 is 0 Å². The van der Waals surface area contributed by atoms with Gasteiger partial charge >= 0.3 is 12.0 Å². The lowest BCUT2D eigenvalue weighted by molar-refractivity contribution is -0.145. The monoisotopic (exact) mass is 365 g/mol. The topological polar surface area (TPSA) is 107 Å². The number of ether oxygens (including phenoxy) is 1. The fourth-order valence-corrected chi connectivity index (χ4v) is 2.58. The van der Waals surface area contributed by atoms with Crippen LogP contribution in [0.5, 0.6) is 0 Å². The third kappa shape index (κ3) is 5.18. The summed E-state index contributed by atoms with van der Waals surface area (Å²) in [5, 5.41) is 2.55. The van der Waals surface area contributed by atoms with Crippen molar-refractivity contribution in [1.29, 1.82) is 0 Å². The summed E-state index contributed by atoms with van der Waals surface area (Å²) in [5.41, 5.74) is 7.31. The summed E-state index contributed by atoms with van der Waals surface area (Å²) >= 11 is 0. The highest BCUT2D eigenvalue weighted by molar-refractivity contribution is 5.75. The van der Waals surface area contributed by atoms with E-state index in [1.54, 1.807) is 12.1 Å². The minimum Gasteiger partial charge on any atom is -0.459 e. The van der Waals surface area contributed by atoms with Gasteiger partial charge < -0.3 is 20.2 Å². The fourth-order valence-electron chi connectivity index (χ4n) is 2.58. The van der Waals surface area contributed by atoms with Crippen LogP contribution in [0.15, 0.2) is 71.3 Å². The maximum absolute atomic E-state index is 12.2. The van der Waals surface area contributed by atoms with E-state index in [9.17, 15) is 9.59 Å². The molecule has 0 fully saturated rings. The van der Waals surface area contributed by atoms with Gasteiger partial charge in [-0.3, -0.25) is 4.79 Å². The molecule has 1 atom stereocenters. The molecule has 2 amide bonds. The number of esters is 1. The molecule has 0 saturated heterocycles. The molecular weight excluding hydrogens is 346 g/mol. The summed E-state index contributed by atoms with van der Waals surface area (Å²) in [6, 6.07) is 17.2. The number of hydrogen-bond donors (Lipinski definition) is 2. The second-order valence-electron chi connectivity index (χ2n) is 5.85. The number of amides is 2. The first-order valence-corrected chi connectivity index (χ1v) is 8.38. The van der Waals surface area contributed by atoms with Gasteiger partial charge in [0.25, 0.3) is 0 Å². The Labute approximate surface area is 156 Å². The first kappa shape index (κ1) is 18.2. The molecule has 1 aromatic heterocycles. The normalized spacial score (nSPS) is 11.6. The van der Waals surface area contributed by atoms with Crippen LogP contribution in [0, 0.1) is 0 Å². The van der Waals surface area contributed by atoms with E-state index in [0.717, 1.165) is 11.1 Å². The molecule has 0 bridgehead atoms. The molecule has 27 heavy (non-hydrogen) atoms. The molecule has 0 aliphatic carbocycles. The number of urea groups is 1. The molecule has 2 aromatic carbocycles. The van der Waals surface area contributed by atoms with Crippen molar-refractivity contribution < 1.29 is 18.7 Å². The molecule has 3 N–H and O–H groups in total. The quantitative estimate of drug-likeness (QED) is 0.625. The van der Waals surface area contributed by atoms with Gasteiger partial charge in [0, 0.05) is 5.56 Å². The maximum atomic E-state index is 12.2. The lowest BCUT2D eigenvalue weighted by Gasteiger charge is -2.17. The molecule has 138 valence electrons. The van der Waals surface area contributed by atoms with Crippen LogP contribution in [-0.2, 0) is 16.1 Å². The minimum atomic E-state index is -0.708. The summed E-state index contributed by atoms with van der Waals surface area (Å²) < 4.78 is 10.7. The molecule has 0 saturated carbocycles. The van der Waals surface area contributed by atoms with Gasteiger partial charge in [0.05, 0.1) is 12.5 Å². The van der Waals surface area contributed by atoms with E-state index in [2.05, 4.69) is 10.3 Å². The Kier molecular flexibility index (Phi) is 5.84. The van der Waals surface area contributed by atoms with E-state index < -0.39 is 18.0 Å². The highest BCUT2D eigenvalue weighted by Crippen LogP contribution is 2.20. The van der Waals surface area contributed by atoms with Gasteiger partial charge in [0.2, 0.25) is 5.89 Å². The number of carbonyl (C=O) groups is 2. The Balaban J connectivity index is 1.58. The molecule has 0 aliphatic heterocycles. The van der Waals surface area contributed by atoms with Gasteiger partial charge in [-0.15, -0.1) is 0 Å². The van der Waals surface area contributed by atoms with Crippen LogP contribution in [0.1, 0.15) is 23.7 Å². The van der Waals surface area contributed by atoms with Crippen molar-refractivity contribution in [2.45, 2.75) is 19.1 Å². The number of primary amides is 1. The van der Waals surface area contributed by atoms with Crippen LogP contribution in [0.2, 0.25) is 0 Å². The average molecular weight is 365 g/mol. The number of aromatic nitrogens is 1. The van der Waals surface area contributed by atoms with E-state index in [4.69, 9.17) is 14.9 Å². The standard InChI is InChI=1S/C20H19N3O4/c21-20(25)23-17(14-7-3-1-4-8-14)11-18(24)26-12-16-13-27-19(22-16)15-9-5-2-6-10-15/h1-10,13,17H,11-12H2,(H3,21,23,25). The number of rotatable bonds is 7. The van der Waals surface area contributed by atoms with Crippen molar-refractivity contribution in [3.05, 3.63) is 78.2 Å². The summed E-state index contributed by atoms with van der Waals surface area (Å²) in [6.07, 6.45) is 1.41. The van der Waals surface area contributed by atoms with Crippen molar-refractivity contribution in [2.75, 3.05) is 0 Å². The molecule has 0 radical (unpaired) electrons. The Hall–Kier alpha value is -3.61. The van der Waals surface area contributed by atoms with E-state index in [0.29, 0.717) is 11.6 Å². The molecule has 3 rings (SSSR count). The number of carbonyl (C=O) groups excluding carboxylic acids is 2. The van der Waals surface area contributed by atoms with Gasteiger partial charge in [-0.05, 0) is 17.7 Å². The van der Waals surface area contributed by atoms with Crippen LogP contribution in [-0.4, -0.2) is 17.0 Å². The molecule has 3 aromatic rings. The second kappa shape index (κ2) is 8.66. The van der Waals surface area contributed by atoms with Gasteiger partial charge in [0.15, 0.2) is 0 Å². The summed E-state index contributed by atoms with van der Waals surface area (Å²) in [5.74, 6) is -0.0268. The summed E-state index contributed by atoms with van der Waals surface area (Å²) in [6.45, 7) is -0.0206. The first-order valence-electron chi connectivity index (χ1n) is 8.38. The molecule has 7 heteroatoms. The average Bonchev–Trinajstić information content (AvgIpc) is 3.16. The molecule has 0 spiro atoms. The van der Waals surface area contributed by atoms with Gasteiger partial charge in [0.1, 0.15) is 18.6 Å². The molecular formula is C20H19N3O4. The zero-order valence-electron chi connectivity index (χ0n) is 14.5. The Bertz CT molecular complexity index is 894. The number of oxazole rings is 1. The highest BCUT2D eigenvalue weighted by atomic mass is 16.5. The van der Waals surface area contributed by atoms with Gasteiger partial charge in [-0.25, -0.2) is 9.78 Å². The van der Waals surface area contributed by atoms with Crippen molar-refractivity contribution in [3.8, 4) is 11.5 Å². The van der Waals surface area contributed by atoms with Crippen LogP contribution in [0.25, 0.3) is 11.5 Å². The van der Waals surface area contributed by atoms with E-state index in [-0.39, 0.29) is 13.0 Å². The van der Waals surface area contributed by atoms with E-state index in [1.807, 2.05) is 48.5 Å². The van der Waals surface area contributed by atoms with Crippen LogP contribution in [0.3, 0.4) is 0 Å². The largest absolute Gasteiger partial charge is 0.459 e. The summed E-state index contributed by atoms with van der Waals surface area (Å²) in [7, 11) is 0. The molecule has 1 unspecified atom stereocenters. The summed E-state index contributed by atoms with van der Waals surface area (Å²) in [4.78, 5) is 27.7. The molecule has 0 aliphatic rings. The lowest BCUT2D eigenvalue weighted by Crippen LogP contribution is -2.34. The second-order valence-corrected chi connectivity index (χ2v) is 5.85. The Morgan fingerprint density at radius 2 is 1.74 bits per heavy atom. The maximum Gasteiger partial charge on any atom is 0.312 e. The lowest BCUT2D eigenvalue weighted by atomic mass is 10.0. The van der Waals surface area contributed by atoms with Crippen LogP contribution >= 0.6 is 0 Å². The Morgan fingerprint density at radius 1 is 1.07 bits per heavy atom. The van der Waals surface area contributed by atoms with Gasteiger partial charge in [-0.2, -0.15) is 0 Å². The SMILES string of the molecule is NC(=O)NC(CC(=O)OCc1coc(-c2ccccc2)n1)c1ccccc1. The number of nitrogens with zero attached hydrogens (tertiary/aromatic N) is 1. The Morgan fingerprint density at radius 3 is 2.41 bits per heavy atom. The number of nitrogens with two attached hydrogens (primary N) is 1. The minimum absolute atomic E-state index is 0.0206. The molecule has 7 nitrogen and oxygen atoms in total. The van der Waals surface area contributed by atoms with Crippen LogP contribution in [0.4, 0.5) is 4.79 Å². The predicted octanol–water partition coefficient (Wildman–Crippen LogP) is 3.18. The zero-order valence-corrected chi connectivity index (χ0v) is 14.5. The smallest absolute Gasteiger partial charge is 0.312 e. The van der Waals surface area contributed by atoms with Gasteiger partial charge in [-0.1, -0.05) is 48.5 Å². The third-order valence-corrected chi connectivity index (χ3v) is 3.84.